The first-order valence-electron chi connectivity index (χ1n) is 7.53. The van der Waals surface area contributed by atoms with Crippen LogP contribution in [0.4, 0.5) is 0 Å². The third kappa shape index (κ3) is 3.54. The molecule has 0 aliphatic carbocycles. The van der Waals surface area contributed by atoms with Gasteiger partial charge in [-0.3, -0.25) is 14.4 Å². The highest BCUT2D eigenvalue weighted by atomic mass is 16.2. The number of likely N-dealkylation sites (tertiary alicyclic amines) is 1. The van der Waals surface area contributed by atoms with Crippen molar-refractivity contribution in [1.29, 1.82) is 0 Å². The molecule has 0 aromatic heterocycles. The van der Waals surface area contributed by atoms with Crippen molar-refractivity contribution < 1.29 is 14.4 Å². The summed E-state index contributed by atoms with van der Waals surface area (Å²) in [7, 11) is 0. The van der Waals surface area contributed by atoms with Crippen molar-refractivity contribution in [3.8, 4) is 0 Å². The maximum atomic E-state index is 12.3. The fourth-order valence-electron chi connectivity index (χ4n) is 2.98. The molecule has 2 saturated heterocycles. The lowest BCUT2D eigenvalue weighted by Gasteiger charge is -2.43. The summed E-state index contributed by atoms with van der Waals surface area (Å²) in [6.45, 7) is 8.69. The molecule has 6 heteroatoms. The molecule has 118 valence electrons. The van der Waals surface area contributed by atoms with Gasteiger partial charge in [-0.15, -0.1) is 0 Å². The molecule has 2 heterocycles. The molecule has 2 aliphatic rings. The minimum Gasteiger partial charge on any atom is -0.351 e. The van der Waals surface area contributed by atoms with Gasteiger partial charge in [0, 0.05) is 26.4 Å². The first kappa shape index (κ1) is 15.8. The van der Waals surface area contributed by atoms with Gasteiger partial charge in [0.25, 0.3) is 0 Å². The van der Waals surface area contributed by atoms with Crippen molar-refractivity contribution >= 4 is 17.7 Å². The van der Waals surface area contributed by atoms with E-state index in [4.69, 9.17) is 0 Å². The maximum Gasteiger partial charge on any atom is 0.226 e. The second-order valence-electron chi connectivity index (χ2n) is 7.19. The number of hydrogen-bond acceptors (Lipinski definition) is 3. The van der Waals surface area contributed by atoms with Gasteiger partial charge < -0.3 is 15.5 Å². The van der Waals surface area contributed by atoms with Crippen LogP contribution in [-0.2, 0) is 14.4 Å². The minimum atomic E-state index is -0.118. The molecule has 2 aliphatic heterocycles. The molecule has 2 fully saturated rings. The fourth-order valence-corrected chi connectivity index (χ4v) is 2.98. The van der Waals surface area contributed by atoms with Crippen LogP contribution in [0.25, 0.3) is 0 Å². The Balaban J connectivity index is 1.93. The van der Waals surface area contributed by atoms with Gasteiger partial charge in [0.1, 0.15) is 0 Å². The molecule has 2 rings (SSSR count). The number of piperidine rings is 1. The molecule has 0 aromatic carbocycles. The van der Waals surface area contributed by atoms with E-state index in [9.17, 15) is 14.4 Å². The Bertz CT molecular complexity index is 450. The Labute approximate surface area is 125 Å². The number of hydrogen-bond donors (Lipinski definition) is 2. The lowest BCUT2D eigenvalue weighted by Crippen LogP contribution is -2.63. The molecular formula is C15H25N3O3. The Morgan fingerprint density at radius 1 is 1.29 bits per heavy atom. The van der Waals surface area contributed by atoms with Crippen molar-refractivity contribution in [2.75, 3.05) is 13.1 Å². The Kier molecular flexibility index (Phi) is 4.25. The van der Waals surface area contributed by atoms with Crippen molar-refractivity contribution in [1.82, 2.24) is 15.5 Å². The summed E-state index contributed by atoms with van der Waals surface area (Å²) in [5.41, 5.74) is -0.112. The molecule has 0 aromatic rings. The Morgan fingerprint density at radius 3 is 2.43 bits per heavy atom. The highest BCUT2D eigenvalue weighted by Gasteiger charge is 2.40. The van der Waals surface area contributed by atoms with Crippen LogP contribution >= 0.6 is 0 Å². The predicted octanol–water partition coefficient (Wildman–Crippen LogP) is 0.274. The number of nitrogens with one attached hydrogen (secondary N) is 2. The average molecular weight is 295 g/mol. The number of nitrogens with zero attached hydrogens (tertiary/aromatic N) is 1. The first-order valence-corrected chi connectivity index (χ1v) is 7.53. The summed E-state index contributed by atoms with van der Waals surface area (Å²) < 4.78 is 0. The van der Waals surface area contributed by atoms with E-state index in [1.54, 1.807) is 4.90 Å². The predicted molar refractivity (Wildman–Crippen MR) is 78.3 cm³/mol. The monoisotopic (exact) mass is 295 g/mol. The summed E-state index contributed by atoms with van der Waals surface area (Å²) >= 11 is 0. The molecule has 0 saturated carbocycles. The standard InChI is InChI=1S/C15H25N3O3/c1-9(19)18-7-10(8-18)14(21)16-11-5-6-12(20)17-13(11)15(2,3)4/h10-11,13H,5-8H2,1-4H3,(H,16,21)(H,17,20)/t11-,13-/m1/s1. The van der Waals surface area contributed by atoms with Crippen LogP contribution in [0.2, 0.25) is 0 Å². The molecule has 0 unspecified atom stereocenters. The average Bonchev–Trinajstić information content (AvgIpc) is 2.27. The Hall–Kier alpha value is -1.59. The zero-order chi connectivity index (χ0) is 15.8. The van der Waals surface area contributed by atoms with E-state index < -0.39 is 0 Å². The third-order valence-corrected chi connectivity index (χ3v) is 4.36. The van der Waals surface area contributed by atoms with Gasteiger partial charge in [-0.2, -0.15) is 0 Å². The molecular weight excluding hydrogens is 270 g/mol. The fraction of sp³-hybridized carbons (Fsp3) is 0.800. The highest BCUT2D eigenvalue weighted by Crippen LogP contribution is 2.27. The van der Waals surface area contributed by atoms with E-state index in [1.165, 1.54) is 6.92 Å². The lowest BCUT2D eigenvalue weighted by atomic mass is 9.78. The van der Waals surface area contributed by atoms with Crippen LogP contribution in [0.15, 0.2) is 0 Å². The van der Waals surface area contributed by atoms with Crippen molar-refractivity contribution in [2.24, 2.45) is 11.3 Å². The molecule has 2 atom stereocenters. The number of carbonyl (C=O) groups is 3. The number of rotatable bonds is 2. The van der Waals surface area contributed by atoms with E-state index in [0.29, 0.717) is 25.9 Å². The van der Waals surface area contributed by atoms with Gasteiger partial charge >= 0.3 is 0 Å². The summed E-state index contributed by atoms with van der Waals surface area (Å²) in [5.74, 6) is -0.0709. The second-order valence-corrected chi connectivity index (χ2v) is 7.19. The molecule has 0 radical (unpaired) electrons. The van der Waals surface area contributed by atoms with Gasteiger partial charge in [0.15, 0.2) is 0 Å². The van der Waals surface area contributed by atoms with E-state index in [0.717, 1.165) is 0 Å². The normalized spacial score (nSPS) is 26.9. The van der Waals surface area contributed by atoms with E-state index in [2.05, 4.69) is 31.4 Å². The Morgan fingerprint density at radius 2 is 1.90 bits per heavy atom. The molecule has 0 bridgehead atoms. The van der Waals surface area contributed by atoms with Crippen LogP contribution in [0, 0.1) is 11.3 Å². The summed E-state index contributed by atoms with van der Waals surface area (Å²) in [4.78, 5) is 36.7. The van der Waals surface area contributed by atoms with Crippen LogP contribution in [0.1, 0.15) is 40.5 Å². The van der Waals surface area contributed by atoms with Gasteiger partial charge in [-0.1, -0.05) is 20.8 Å². The van der Waals surface area contributed by atoms with E-state index in [-0.39, 0.29) is 41.1 Å². The lowest BCUT2D eigenvalue weighted by molar-refractivity contribution is -0.142. The number of carbonyl (C=O) groups excluding carboxylic acids is 3. The molecule has 3 amide bonds. The minimum absolute atomic E-state index is 0.0107. The first-order chi connectivity index (χ1) is 9.68. The van der Waals surface area contributed by atoms with Gasteiger partial charge in [-0.25, -0.2) is 0 Å². The quantitative estimate of drug-likeness (QED) is 0.768. The summed E-state index contributed by atoms with van der Waals surface area (Å²) in [6, 6.07) is -0.103. The highest BCUT2D eigenvalue weighted by molar-refractivity contribution is 5.84. The van der Waals surface area contributed by atoms with E-state index in [1.807, 2.05) is 0 Å². The van der Waals surface area contributed by atoms with Gasteiger partial charge in [0.2, 0.25) is 17.7 Å². The SMILES string of the molecule is CC(=O)N1CC(C(=O)N[C@@H]2CCC(=O)N[C@H]2C(C)(C)C)C1. The van der Waals surface area contributed by atoms with Crippen molar-refractivity contribution in [3.05, 3.63) is 0 Å². The zero-order valence-electron chi connectivity index (χ0n) is 13.2. The van der Waals surface area contributed by atoms with Crippen LogP contribution in [-0.4, -0.2) is 47.8 Å². The summed E-state index contributed by atoms with van der Waals surface area (Å²) in [6.07, 6.45) is 1.12. The smallest absolute Gasteiger partial charge is 0.226 e. The second kappa shape index (κ2) is 5.66. The van der Waals surface area contributed by atoms with Crippen LogP contribution < -0.4 is 10.6 Å². The van der Waals surface area contributed by atoms with Gasteiger partial charge in [0.05, 0.1) is 18.0 Å². The van der Waals surface area contributed by atoms with Crippen LogP contribution in [0.5, 0.6) is 0 Å². The van der Waals surface area contributed by atoms with Gasteiger partial charge in [-0.05, 0) is 11.8 Å². The molecule has 0 spiro atoms. The van der Waals surface area contributed by atoms with Crippen molar-refractivity contribution in [3.63, 3.8) is 0 Å². The molecule has 2 N–H and O–H groups in total. The van der Waals surface area contributed by atoms with Crippen molar-refractivity contribution in [2.45, 2.75) is 52.6 Å². The topological polar surface area (TPSA) is 78.5 Å². The largest absolute Gasteiger partial charge is 0.351 e. The van der Waals surface area contributed by atoms with E-state index >= 15 is 0 Å². The zero-order valence-corrected chi connectivity index (χ0v) is 13.2. The number of amides is 3. The summed E-state index contributed by atoms with van der Waals surface area (Å²) in [5, 5.41) is 6.06. The molecule has 21 heavy (non-hydrogen) atoms. The third-order valence-electron chi connectivity index (χ3n) is 4.36. The molecule has 6 nitrogen and oxygen atoms in total. The van der Waals surface area contributed by atoms with Crippen LogP contribution in [0.3, 0.4) is 0 Å². The maximum absolute atomic E-state index is 12.3.